The second kappa shape index (κ2) is 23.3. The first-order valence-corrected chi connectivity index (χ1v) is 21.6. The van der Waals surface area contributed by atoms with Gasteiger partial charge >= 0.3 is 5.97 Å². The summed E-state index contributed by atoms with van der Waals surface area (Å²) in [6.45, 7) is 3.11. The van der Waals surface area contributed by atoms with Gasteiger partial charge in [-0.25, -0.2) is 0 Å². The van der Waals surface area contributed by atoms with Crippen molar-refractivity contribution in [2.45, 2.75) is 165 Å². The van der Waals surface area contributed by atoms with Crippen molar-refractivity contribution >= 4 is 16.9 Å². The summed E-state index contributed by atoms with van der Waals surface area (Å²) in [6, 6.07) is 5.28. The highest BCUT2D eigenvalue weighted by molar-refractivity contribution is 5.88. The molecule has 0 spiro atoms. The molecule has 344 valence electrons. The Bertz CT molecular complexity index is 1980. The molecule has 3 aromatic rings. The third-order valence-corrected chi connectivity index (χ3v) is 11.2. The van der Waals surface area contributed by atoms with Crippen LogP contribution in [0.4, 0.5) is 0 Å². The average molecular weight is 875 g/mol. The van der Waals surface area contributed by atoms with E-state index in [1.807, 2.05) is 0 Å². The van der Waals surface area contributed by atoms with Crippen LogP contribution < -0.4 is 10.2 Å². The number of allylic oxidation sites excluding steroid dienone is 2. The number of phenols is 4. The number of ether oxygens (including phenoxy) is 5. The number of fused-ring (bicyclic) bond motifs is 1. The molecule has 17 nitrogen and oxygen atoms in total. The van der Waals surface area contributed by atoms with Crippen LogP contribution in [-0.2, 0) is 23.7 Å². The van der Waals surface area contributed by atoms with Crippen LogP contribution in [-0.4, -0.2) is 120 Å². The maximum Gasteiger partial charge on any atom is 0.306 e. The van der Waals surface area contributed by atoms with Crippen LogP contribution in [0.1, 0.15) is 104 Å². The molecule has 0 bridgehead atoms. The number of hydrogen-bond donors (Lipinski definition) is 9. The summed E-state index contributed by atoms with van der Waals surface area (Å²) in [4.78, 5) is 26.5. The Kier molecular flexibility index (Phi) is 18.2. The van der Waals surface area contributed by atoms with E-state index < -0.39 is 119 Å². The Morgan fingerprint density at radius 1 is 0.710 bits per heavy atom. The van der Waals surface area contributed by atoms with Gasteiger partial charge in [0.05, 0.1) is 12.7 Å². The van der Waals surface area contributed by atoms with Crippen molar-refractivity contribution in [2.24, 2.45) is 0 Å². The lowest BCUT2D eigenvalue weighted by Gasteiger charge is -2.43. The largest absolute Gasteiger partial charge is 0.508 e. The third-order valence-electron chi connectivity index (χ3n) is 11.2. The lowest BCUT2D eigenvalue weighted by Crippen LogP contribution is -2.62. The zero-order chi connectivity index (χ0) is 44.9. The number of benzene rings is 2. The van der Waals surface area contributed by atoms with Gasteiger partial charge in [0.25, 0.3) is 0 Å². The van der Waals surface area contributed by atoms with Crippen LogP contribution >= 0.6 is 0 Å². The highest BCUT2D eigenvalue weighted by Gasteiger charge is 2.49. The molecule has 0 saturated carbocycles. The quantitative estimate of drug-likeness (QED) is 0.0281. The maximum absolute atomic E-state index is 13.8. The topological polar surface area (TPSA) is 276 Å². The smallest absolute Gasteiger partial charge is 0.306 e. The SMILES string of the molecule is CCCCCCCC/C=C\CCCCCCCC(=O)O[C@@H]1[C@@H](O)[C@@H](O)[C@H](OC[C@H]2O[C@@H](Oc3c(-c4ccc(O)c(O)c4)oc4cc(O)cc(O)c4c3=O)[C@H](O)[C@@H](O)[C@@H]2O)O[C@H]1C. The fourth-order valence-corrected chi connectivity index (χ4v) is 7.54. The summed E-state index contributed by atoms with van der Waals surface area (Å²) >= 11 is 0. The van der Waals surface area contributed by atoms with E-state index in [1.165, 1.54) is 51.5 Å². The van der Waals surface area contributed by atoms with E-state index in [0.29, 0.717) is 6.42 Å². The molecule has 0 amide bonds. The van der Waals surface area contributed by atoms with E-state index in [4.69, 9.17) is 28.1 Å². The standard InChI is InChI=1S/C45H62O17/c1-3-4-5-6-7-8-9-10-11-12-13-14-15-16-17-18-33(50)61-41-25(2)58-44(40(56)38(41)54)57-24-32-35(51)37(53)39(55)45(60-32)62-43-36(52)34-30(49)22-27(46)23-31(34)59-42(43)26-19-20-28(47)29(48)21-26/h10-11,19-23,25,32,35,37-41,44-49,51,53-56H,3-9,12-18,24H2,1-2H3/b11-10-/t25-,32+,35+,37-,38-,39+,40+,41-,44+,45-/m0/s1. The molecular weight excluding hydrogens is 812 g/mol. The summed E-state index contributed by atoms with van der Waals surface area (Å²) in [5, 5.41) is 94.4. The molecule has 2 saturated heterocycles. The minimum Gasteiger partial charge on any atom is -0.508 e. The summed E-state index contributed by atoms with van der Waals surface area (Å²) < 4.78 is 34.2. The molecular formula is C45H62O17. The predicted octanol–water partition coefficient (Wildman–Crippen LogP) is 4.90. The Morgan fingerprint density at radius 2 is 1.35 bits per heavy atom. The van der Waals surface area contributed by atoms with Crippen molar-refractivity contribution in [1.29, 1.82) is 0 Å². The van der Waals surface area contributed by atoms with Crippen molar-refractivity contribution in [2.75, 3.05) is 6.61 Å². The van der Waals surface area contributed by atoms with Gasteiger partial charge in [0.2, 0.25) is 17.5 Å². The zero-order valence-electron chi connectivity index (χ0n) is 35.2. The number of esters is 1. The van der Waals surface area contributed by atoms with E-state index in [0.717, 1.165) is 62.8 Å². The predicted molar refractivity (Wildman–Crippen MR) is 224 cm³/mol. The van der Waals surface area contributed by atoms with Crippen molar-refractivity contribution in [1.82, 2.24) is 0 Å². The van der Waals surface area contributed by atoms with Gasteiger partial charge in [-0.15, -0.1) is 0 Å². The molecule has 1 aromatic heterocycles. The monoisotopic (exact) mass is 874 g/mol. The Balaban J connectivity index is 1.12. The van der Waals surface area contributed by atoms with E-state index >= 15 is 0 Å². The van der Waals surface area contributed by atoms with E-state index in [1.54, 1.807) is 0 Å². The van der Waals surface area contributed by atoms with Crippen LogP contribution in [0, 0.1) is 0 Å². The lowest BCUT2D eigenvalue weighted by atomic mass is 9.98. The molecule has 9 N–H and O–H groups in total. The first-order valence-electron chi connectivity index (χ1n) is 21.6. The average Bonchev–Trinajstić information content (AvgIpc) is 3.23. The van der Waals surface area contributed by atoms with Gasteiger partial charge in [0.15, 0.2) is 29.7 Å². The molecule has 0 aliphatic carbocycles. The molecule has 17 heteroatoms. The number of carbonyl (C=O) groups is 1. The van der Waals surface area contributed by atoms with Crippen LogP contribution in [0.5, 0.6) is 28.7 Å². The zero-order valence-corrected chi connectivity index (χ0v) is 35.2. The van der Waals surface area contributed by atoms with Crippen LogP contribution in [0.2, 0.25) is 0 Å². The number of carbonyl (C=O) groups excluding carboxylic acids is 1. The van der Waals surface area contributed by atoms with Gasteiger partial charge in [-0.3, -0.25) is 9.59 Å². The van der Waals surface area contributed by atoms with Crippen molar-refractivity contribution in [3.8, 4) is 40.1 Å². The first kappa shape index (κ1) is 48.6. The highest BCUT2D eigenvalue weighted by atomic mass is 16.7. The fraction of sp³-hybridized carbons (Fsp3) is 0.600. The Labute approximate surface area is 359 Å². The van der Waals surface area contributed by atoms with Crippen molar-refractivity contribution < 1.29 is 78.9 Å². The minimum absolute atomic E-state index is 0.0361. The van der Waals surface area contributed by atoms with Gasteiger partial charge in [-0.1, -0.05) is 70.4 Å². The van der Waals surface area contributed by atoms with Gasteiger partial charge in [0, 0.05) is 24.1 Å². The summed E-state index contributed by atoms with van der Waals surface area (Å²) in [5.74, 6) is -3.91. The van der Waals surface area contributed by atoms with Crippen LogP contribution in [0.15, 0.2) is 51.7 Å². The molecule has 5 rings (SSSR count). The molecule has 10 atom stereocenters. The molecule has 0 unspecified atom stereocenters. The van der Waals surface area contributed by atoms with Crippen molar-refractivity contribution in [3.05, 3.63) is 52.7 Å². The highest BCUT2D eigenvalue weighted by Crippen LogP contribution is 2.39. The van der Waals surface area contributed by atoms with Gasteiger partial charge in [-0.05, 0) is 57.2 Å². The maximum atomic E-state index is 13.8. The van der Waals surface area contributed by atoms with E-state index in [2.05, 4.69) is 19.1 Å². The molecule has 3 heterocycles. The van der Waals surface area contributed by atoms with Gasteiger partial charge in [-0.2, -0.15) is 0 Å². The molecule has 0 radical (unpaired) electrons. The minimum atomic E-state index is -1.99. The number of unbranched alkanes of at least 4 members (excludes halogenated alkanes) is 11. The first-order chi connectivity index (χ1) is 29.7. The summed E-state index contributed by atoms with van der Waals surface area (Å²) in [6.07, 6.45) is 2.93. The van der Waals surface area contributed by atoms with Gasteiger partial charge in [0.1, 0.15) is 59.1 Å². The number of hydrogen-bond acceptors (Lipinski definition) is 17. The van der Waals surface area contributed by atoms with Crippen LogP contribution in [0.25, 0.3) is 22.3 Å². The van der Waals surface area contributed by atoms with Crippen LogP contribution in [0.3, 0.4) is 0 Å². The molecule has 62 heavy (non-hydrogen) atoms. The number of aromatic hydroxyl groups is 4. The number of rotatable bonds is 22. The fourth-order valence-electron chi connectivity index (χ4n) is 7.54. The second-order valence-corrected chi connectivity index (χ2v) is 16.1. The second-order valence-electron chi connectivity index (χ2n) is 16.1. The lowest BCUT2D eigenvalue weighted by molar-refractivity contribution is -0.319. The number of aliphatic hydroxyl groups excluding tert-OH is 5. The number of phenolic OH excluding ortho intramolecular Hbond substituents is 4. The van der Waals surface area contributed by atoms with Gasteiger partial charge < -0.3 is 74.1 Å². The molecule has 2 aromatic carbocycles. The Hall–Kier alpha value is -4.46. The third kappa shape index (κ3) is 12.6. The molecule has 2 aliphatic heterocycles. The van der Waals surface area contributed by atoms with E-state index in [9.17, 15) is 55.5 Å². The summed E-state index contributed by atoms with van der Waals surface area (Å²) in [7, 11) is 0. The normalized spacial score (nSPS) is 26.6. The van der Waals surface area contributed by atoms with Crippen molar-refractivity contribution in [3.63, 3.8) is 0 Å². The summed E-state index contributed by atoms with van der Waals surface area (Å²) in [5.41, 5.74) is -1.36. The number of aliphatic hydroxyl groups is 5. The molecule has 2 fully saturated rings. The van der Waals surface area contributed by atoms with E-state index in [-0.39, 0.29) is 17.6 Å². The molecule has 2 aliphatic rings. The Morgan fingerprint density at radius 3 is 2.03 bits per heavy atom.